The minimum atomic E-state index is -1.81. The number of fused-ring (bicyclic) bond motifs is 1. The Kier molecular flexibility index (Phi) is 4.25. The lowest BCUT2D eigenvalue weighted by atomic mass is 9.87. The van der Waals surface area contributed by atoms with Crippen LogP contribution in [0.4, 0.5) is 5.69 Å². The smallest absolute Gasteiger partial charge is 0.264 e. The zero-order chi connectivity index (χ0) is 18.4. The van der Waals surface area contributed by atoms with Gasteiger partial charge in [-0.2, -0.15) is 0 Å². The highest BCUT2D eigenvalue weighted by atomic mass is 16.3. The monoisotopic (exact) mass is 337 g/mol. The van der Waals surface area contributed by atoms with Crippen molar-refractivity contribution in [3.05, 3.63) is 64.7 Å². The summed E-state index contributed by atoms with van der Waals surface area (Å²) < 4.78 is 0. The van der Waals surface area contributed by atoms with Gasteiger partial charge in [-0.3, -0.25) is 9.59 Å². The summed E-state index contributed by atoms with van der Waals surface area (Å²) in [6.45, 7) is 7.57. The van der Waals surface area contributed by atoms with Crippen molar-refractivity contribution < 1.29 is 14.7 Å². The SMILES string of the molecule is Cc1ccc(C)c(C(=O)C[C@]2(O)C(=O)N(C(C)C)c3ccccc32)c1. The largest absolute Gasteiger partial charge is 0.375 e. The fraction of sp³-hybridized carbons (Fsp3) is 0.333. The lowest BCUT2D eigenvalue weighted by Crippen LogP contribution is -2.44. The third-order valence-electron chi connectivity index (χ3n) is 4.81. The Morgan fingerprint density at radius 2 is 1.84 bits per heavy atom. The molecule has 0 aromatic heterocycles. The number of para-hydroxylation sites is 1. The lowest BCUT2D eigenvalue weighted by molar-refractivity contribution is -0.136. The molecule has 1 aliphatic heterocycles. The topological polar surface area (TPSA) is 57.6 Å². The number of nitrogens with zero attached hydrogens (tertiary/aromatic N) is 1. The van der Waals surface area contributed by atoms with Crippen LogP contribution < -0.4 is 4.90 Å². The van der Waals surface area contributed by atoms with Gasteiger partial charge in [-0.05, 0) is 45.4 Å². The number of hydrogen-bond acceptors (Lipinski definition) is 3. The second-order valence-electron chi connectivity index (χ2n) is 7.06. The second kappa shape index (κ2) is 6.12. The minimum absolute atomic E-state index is 0.0986. The number of anilines is 1. The summed E-state index contributed by atoms with van der Waals surface area (Å²) in [7, 11) is 0. The van der Waals surface area contributed by atoms with E-state index in [1.54, 1.807) is 17.0 Å². The zero-order valence-corrected chi connectivity index (χ0v) is 15.0. The molecule has 0 bridgehead atoms. The van der Waals surface area contributed by atoms with E-state index in [4.69, 9.17) is 0 Å². The molecule has 1 N–H and O–H groups in total. The van der Waals surface area contributed by atoms with Crippen LogP contribution in [-0.4, -0.2) is 22.8 Å². The van der Waals surface area contributed by atoms with Crippen LogP contribution in [0.5, 0.6) is 0 Å². The number of ketones is 1. The molecule has 4 heteroatoms. The molecule has 3 rings (SSSR count). The standard InChI is InChI=1S/C21H23NO3/c1-13(2)22-18-8-6-5-7-17(18)21(25,20(22)24)12-19(23)16-11-14(3)9-10-15(16)4/h5-11,13,25H,12H2,1-4H3/t21-/m1/s1. The van der Waals surface area contributed by atoms with Crippen LogP contribution in [0.15, 0.2) is 42.5 Å². The van der Waals surface area contributed by atoms with Gasteiger partial charge in [-0.1, -0.05) is 35.9 Å². The van der Waals surface area contributed by atoms with Crippen molar-refractivity contribution in [1.29, 1.82) is 0 Å². The first-order valence-electron chi connectivity index (χ1n) is 8.51. The highest BCUT2D eigenvalue weighted by Crippen LogP contribution is 2.43. The van der Waals surface area contributed by atoms with Gasteiger partial charge in [0, 0.05) is 17.2 Å². The van der Waals surface area contributed by atoms with Gasteiger partial charge in [0.2, 0.25) is 0 Å². The molecule has 25 heavy (non-hydrogen) atoms. The first-order valence-corrected chi connectivity index (χ1v) is 8.51. The molecular weight excluding hydrogens is 314 g/mol. The zero-order valence-electron chi connectivity index (χ0n) is 15.0. The molecule has 2 aromatic carbocycles. The van der Waals surface area contributed by atoms with Gasteiger partial charge in [0.25, 0.3) is 5.91 Å². The van der Waals surface area contributed by atoms with Crippen molar-refractivity contribution in [3.8, 4) is 0 Å². The summed E-state index contributed by atoms with van der Waals surface area (Å²) in [5, 5.41) is 11.2. The van der Waals surface area contributed by atoms with Gasteiger partial charge in [0.1, 0.15) is 0 Å². The Morgan fingerprint density at radius 1 is 1.16 bits per heavy atom. The predicted octanol–water partition coefficient (Wildman–Crippen LogP) is 3.52. The van der Waals surface area contributed by atoms with Crippen LogP contribution in [0, 0.1) is 13.8 Å². The van der Waals surface area contributed by atoms with Gasteiger partial charge in [-0.15, -0.1) is 0 Å². The summed E-state index contributed by atoms with van der Waals surface area (Å²) >= 11 is 0. The normalized spacial score (nSPS) is 19.4. The van der Waals surface area contributed by atoms with E-state index in [1.165, 1.54) is 0 Å². The average Bonchev–Trinajstić information content (AvgIpc) is 2.78. The first kappa shape index (κ1) is 17.4. The molecule has 0 unspecified atom stereocenters. The third-order valence-corrected chi connectivity index (χ3v) is 4.81. The Morgan fingerprint density at radius 3 is 2.52 bits per heavy atom. The van der Waals surface area contributed by atoms with E-state index in [0.717, 1.165) is 11.1 Å². The van der Waals surface area contributed by atoms with E-state index < -0.39 is 11.5 Å². The van der Waals surface area contributed by atoms with E-state index in [9.17, 15) is 14.7 Å². The number of rotatable bonds is 4. The predicted molar refractivity (Wildman–Crippen MR) is 97.8 cm³/mol. The van der Waals surface area contributed by atoms with Gasteiger partial charge in [0.05, 0.1) is 12.1 Å². The minimum Gasteiger partial charge on any atom is -0.375 e. The fourth-order valence-corrected chi connectivity index (χ4v) is 3.50. The quantitative estimate of drug-likeness (QED) is 0.869. The average molecular weight is 337 g/mol. The number of amides is 1. The van der Waals surface area contributed by atoms with E-state index >= 15 is 0 Å². The highest BCUT2D eigenvalue weighted by Gasteiger charge is 2.51. The molecule has 4 nitrogen and oxygen atoms in total. The Balaban J connectivity index is 2.03. The number of carbonyl (C=O) groups excluding carboxylic acids is 2. The Bertz CT molecular complexity index is 856. The summed E-state index contributed by atoms with van der Waals surface area (Å²) in [5.41, 5.74) is 1.75. The summed E-state index contributed by atoms with van der Waals surface area (Å²) in [6, 6.07) is 12.7. The Labute approximate surface area is 148 Å². The Hall–Kier alpha value is -2.46. The molecule has 1 aliphatic rings. The molecule has 0 radical (unpaired) electrons. The summed E-state index contributed by atoms with van der Waals surface area (Å²) in [4.78, 5) is 27.4. The molecule has 0 fully saturated rings. The van der Waals surface area contributed by atoms with Gasteiger partial charge < -0.3 is 10.0 Å². The molecule has 2 aromatic rings. The van der Waals surface area contributed by atoms with Crippen molar-refractivity contribution in [2.45, 2.75) is 45.8 Å². The summed E-state index contributed by atoms with van der Waals surface area (Å²) in [5.74, 6) is -0.653. The molecule has 0 aliphatic carbocycles. The second-order valence-corrected chi connectivity index (χ2v) is 7.06. The number of Topliss-reactive ketones (excluding diaryl/α,β-unsaturated/α-hetero) is 1. The fourth-order valence-electron chi connectivity index (χ4n) is 3.50. The van der Waals surface area contributed by atoms with Gasteiger partial charge >= 0.3 is 0 Å². The molecule has 1 atom stereocenters. The van der Waals surface area contributed by atoms with Crippen LogP contribution in [0.25, 0.3) is 0 Å². The van der Waals surface area contributed by atoms with Crippen molar-refractivity contribution in [2.75, 3.05) is 4.90 Å². The first-order chi connectivity index (χ1) is 11.8. The number of aliphatic hydroxyl groups is 1. The molecule has 0 saturated carbocycles. The van der Waals surface area contributed by atoms with E-state index in [-0.39, 0.29) is 18.2 Å². The summed E-state index contributed by atoms with van der Waals surface area (Å²) in [6.07, 6.45) is -0.254. The maximum absolute atomic E-state index is 13.0. The molecular formula is C21H23NO3. The van der Waals surface area contributed by atoms with Crippen LogP contribution in [0.2, 0.25) is 0 Å². The number of benzene rings is 2. The van der Waals surface area contributed by atoms with Crippen molar-refractivity contribution in [2.24, 2.45) is 0 Å². The van der Waals surface area contributed by atoms with E-state index in [2.05, 4.69) is 0 Å². The van der Waals surface area contributed by atoms with E-state index in [0.29, 0.717) is 16.8 Å². The van der Waals surface area contributed by atoms with Crippen molar-refractivity contribution >= 4 is 17.4 Å². The highest BCUT2D eigenvalue weighted by molar-refractivity contribution is 6.11. The number of hydrogen-bond donors (Lipinski definition) is 1. The number of aryl methyl sites for hydroxylation is 2. The molecule has 1 amide bonds. The van der Waals surface area contributed by atoms with Crippen LogP contribution >= 0.6 is 0 Å². The molecule has 0 saturated heterocycles. The lowest BCUT2D eigenvalue weighted by Gasteiger charge is -2.25. The van der Waals surface area contributed by atoms with Gasteiger partial charge in [0.15, 0.2) is 11.4 Å². The number of carbonyl (C=O) groups is 2. The third kappa shape index (κ3) is 2.76. The van der Waals surface area contributed by atoms with Crippen LogP contribution in [0.3, 0.4) is 0 Å². The van der Waals surface area contributed by atoms with Gasteiger partial charge in [-0.25, -0.2) is 0 Å². The maximum atomic E-state index is 13.0. The molecule has 0 spiro atoms. The van der Waals surface area contributed by atoms with Crippen molar-refractivity contribution in [3.63, 3.8) is 0 Å². The van der Waals surface area contributed by atoms with Crippen LogP contribution in [0.1, 0.15) is 47.3 Å². The molecule has 130 valence electrons. The maximum Gasteiger partial charge on any atom is 0.264 e. The van der Waals surface area contributed by atoms with Crippen LogP contribution in [-0.2, 0) is 10.4 Å². The van der Waals surface area contributed by atoms with E-state index in [1.807, 2.05) is 58.0 Å². The van der Waals surface area contributed by atoms with Crippen molar-refractivity contribution in [1.82, 2.24) is 0 Å². The molecule has 1 heterocycles.